The molecule has 4 rings (SSSR count). The zero-order valence-corrected chi connectivity index (χ0v) is 15.1. The van der Waals surface area contributed by atoms with Crippen molar-refractivity contribution in [2.45, 2.75) is 0 Å². The number of rotatable bonds is 4. The Labute approximate surface area is 162 Å². The highest BCUT2D eigenvalue weighted by atomic mass is 19.1. The number of morpholine rings is 1. The highest BCUT2D eigenvalue weighted by Crippen LogP contribution is 2.22. The molecular weight excluding hydrogens is 359 g/mol. The summed E-state index contributed by atoms with van der Waals surface area (Å²) in [6, 6.07) is 17.1. The number of halogens is 1. The lowest BCUT2D eigenvalue weighted by molar-refractivity contribution is 0.102. The first-order valence-electron chi connectivity index (χ1n) is 9.04. The molecule has 1 amide bonds. The lowest BCUT2D eigenvalue weighted by Crippen LogP contribution is -2.37. The molecule has 0 saturated carbocycles. The van der Waals surface area contributed by atoms with Crippen LogP contribution in [0.2, 0.25) is 0 Å². The fourth-order valence-corrected chi connectivity index (χ4v) is 2.97. The number of hydrogen-bond acceptors (Lipinski definition) is 5. The van der Waals surface area contributed by atoms with Crippen molar-refractivity contribution in [3.63, 3.8) is 0 Å². The molecule has 28 heavy (non-hydrogen) atoms. The summed E-state index contributed by atoms with van der Waals surface area (Å²) in [5, 5.41) is 2.59. The van der Waals surface area contributed by atoms with Crippen LogP contribution in [0.3, 0.4) is 0 Å². The number of para-hydroxylation sites is 1. The van der Waals surface area contributed by atoms with Crippen LogP contribution < -0.4 is 10.2 Å². The second-order valence-corrected chi connectivity index (χ2v) is 6.33. The van der Waals surface area contributed by atoms with Gasteiger partial charge in [-0.05, 0) is 12.1 Å². The zero-order valence-electron chi connectivity index (χ0n) is 15.1. The summed E-state index contributed by atoms with van der Waals surface area (Å²) >= 11 is 0. The molecule has 0 bridgehead atoms. The van der Waals surface area contributed by atoms with Crippen molar-refractivity contribution < 1.29 is 13.9 Å². The van der Waals surface area contributed by atoms with E-state index in [1.165, 1.54) is 12.1 Å². The van der Waals surface area contributed by atoms with Crippen LogP contribution in [0, 0.1) is 5.82 Å². The highest BCUT2D eigenvalue weighted by Gasteiger charge is 2.19. The van der Waals surface area contributed by atoms with Gasteiger partial charge in [0.2, 0.25) is 0 Å². The Bertz CT molecular complexity index is 975. The van der Waals surface area contributed by atoms with Crippen LogP contribution >= 0.6 is 0 Å². The van der Waals surface area contributed by atoms with Gasteiger partial charge in [0.1, 0.15) is 17.3 Å². The lowest BCUT2D eigenvalue weighted by Gasteiger charge is -2.28. The smallest absolute Gasteiger partial charge is 0.274 e. The molecule has 1 N–H and O–H groups in total. The van der Waals surface area contributed by atoms with Crippen molar-refractivity contribution in [3.8, 4) is 11.4 Å². The van der Waals surface area contributed by atoms with Gasteiger partial charge < -0.3 is 15.0 Å². The van der Waals surface area contributed by atoms with Gasteiger partial charge in [-0.1, -0.05) is 42.5 Å². The molecule has 3 aromatic rings. The Kier molecular flexibility index (Phi) is 5.25. The minimum absolute atomic E-state index is 0.111. The molecule has 0 aliphatic carbocycles. The normalized spacial score (nSPS) is 14.0. The van der Waals surface area contributed by atoms with Crippen LogP contribution in [0.4, 0.5) is 15.9 Å². The Balaban J connectivity index is 1.71. The molecule has 1 aromatic heterocycles. The van der Waals surface area contributed by atoms with E-state index in [1.54, 1.807) is 18.2 Å². The monoisotopic (exact) mass is 378 g/mol. The van der Waals surface area contributed by atoms with Crippen LogP contribution in [0.1, 0.15) is 10.5 Å². The molecule has 142 valence electrons. The maximum Gasteiger partial charge on any atom is 0.274 e. The Morgan fingerprint density at radius 1 is 1.00 bits per heavy atom. The van der Waals surface area contributed by atoms with Gasteiger partial charge in [-0.2, -0.15) is 0 Å². The summed E-state index contributed by atoms with van der Waals surface area (Å²) in [5.74, 6) is 0.111. The lowest BCUT2D eigenvalue weighted by atomic mass is 10.2. The van der Waals surface area contributed by atoms with E-state index in [-0.39, 0.29) is 11.4 Å². The van der Waals surface area contributed by atoms with Gasteiger partial charge in [0.05, 0.1) is 18.9 Å². The molecule has 2 aromatic carbocycles. The number of amides is 1. The molecule has 0 atom stereocenters. The van der Waals surface area contributed by atoms with Gasteiger partial charge in [-0.3, -0.25) is 4.79 Å². The molecular formula is C21H19FN4O2. The molecule has 1 aliphatic rings. The minimum atomic E-state index is -0.499. The first kappa shape index (κ1) is 18.1. The predicted molar refractivity (Wildman–Crippen MR) is 105 cm³/mol. The van der Waals surface area contributed by atoms with E-state index < -0.39 is 11.7 Å². The standard InChI is InChI=1S/C21H19FN4O2/c22-16-8-4-5-9-17(16)24-21(27)18-14-19(26-10-12-28-13-11-26)25-20(23-18)15-6-2-1-3-7-15/h1-9,14H,10-13H2,(H,24,27). The number of benzene rings is 2. The largest absolute Gasteiger partial charge is 0.378 e. The summed E-state index contributed by atoms with van der Waals surface area (Å²) in [4.78, 5) is 23.9. The van der Waals surface area contributed by atoms with Crippen LogP contribution in [0.25, 0.3) is 11.4 Å². The molecule has 1 aliphatic heterocycles. The van der Waals surface area contributed by atoms with E-state index in [1.807, 2.05) is 30.3 Å². The molecule has 7 heteroatoms. The first-order valence-corrected chi connectivity index (χ1v) is 9.04. The fourth-order valence-electron chi connectivity index (χ4n) is 2.97. The van der Waals surface area contributed by atoms with Gasteiger partial charge in [0.15, 0.2) is 5.82 Å². The van der Waals surface area contributed by atoms with Crippen LogP contribution in [-0.4, -0.2) is 42.2 Å². The number of nitrogens with one attached hydrogen (secondary N) is 1. The van der Waals surface area contributed by atoms with Gasteiger partial charge in [-0.25, -0.2) is 14.4 Å². The van der Waals surface area contributed by atoms with Gasteiger partial charge in [0.25, 0.3) is 5.91 Å². The van der Waals surface area contributed by atoms with E-state index in [9.17, 15) is 9.18 Å². The summed E-state index contributed by atoms with van der Waals surface area (Å²) in [6.45, 7) is 2.56. The van der Waals surface area contributed by atoms with E-state index in [2.05, 4.69) is 20.2 Å². The predicted octanol–water partition coefficient (Wildman–Crippen LogP) is 3.37. The van der Waals surface area contributed by atoms with Crippen LogP contribution in [0.5, 0.6) is 0 Å². The third-order valence-corrected chi connectivity index (χ3v) is 4.43. The third-order valence-electron chi connectivity index (χ3n) is 4.43. The molecule has 6 nitrogen and oxygen atoms in total. The SMILES string of the molecule is O=C(Nc1ccccc1F)c1cc(N2CCOCC2)nc(-c2ccccc2)n1. The van der Waals surface area contributed by atoms with Gasteiger partial charge in [-0.15, -0.1) is 0 Å². The van der Waals surface area contributed by atoms with Gasteiger partial charge in [0, 0.05) is 24.7 Å². The summed E-state index contributed by atoms with van der Waals surface area (Å²) < 4.78 is 19.3. The van der Waals surface area contributed by atoms with Crippen molar-refractivity contribution in [1.82, 2.24) is 9.97 Å². The number of anilines is 2. The number of hydrogen-bond donors (Lipinski definition) is 1. The number of carbonyl (C=O) groups excluding carboxylic acids is 1. The minimum Gasteiger partial charge on any atom is -0.378 e. The number of aromatic nitrogens is 2. The second-order valence-electron chi connectivity index (χ2n) is 6.33. The van der Waals surface area contributed by atoms with E-state index in [4.69, 9.17) is 4.74 Å². The summed E-state index contributed by atoms with van der Waals surface area (Å²) in [6.07, 6.45) is 0. The third kappa shape index (κ3) is 3.99. The molecule has 0 unspecified atom stereocenters. The average Bonchev–Trinajstić information content (AvgIpc) is 2.76. The van der Waals surface area contributed by atoms with Crippen molar-refractivity contribution in [2.75, 3.05) is 36.5 Å². The van der Waals surface area contributed by atoms with Crippen LogP contribution in [0.15, 0.2) is 60.7 Å². The number of nitrogens with zero attached hydrogens (tertiary/aromatic N) is 3. The second kappa shape index (κ2) is 8.14. The van der Waals surface area contributed by atoms with E-state index in [0.717, 1.165) is 5.56 Å². The van der Waals surface area contributed by atoms with E-state index >= 15 is 0 Å². The molecule has 0 radical (unpaired) electrons. The molecule has 1 fully saturated rings. The molecule has 1 saturated heterocycles. The average molecular weight is 378 g/mol. The van der Waals surface area contributed by atoms with Crippen molar-refractivity contribution in [1.29, 1.82) is 0 Å². The van der Waals surface area contributed by atoms with Crippen molar-refractivity contribution in [2.24, 2.45) is 0 Å². The maximum absolute atomic E-state index is 13.9. The Morgan fingerprint density at radius 3 is 2.46 bits per heavy atom. The fraction of sp³-hybridized carbons (Fsp3) is 0.190. The Hall–Kier alpha value is -3.32. The number of ether oxygens (including phenoxy) is 1. The first-order chi connectivity index (χ1) is 13.7. The molecule has 2 heterocycles. The van der Waals surface area contributed by atoms with E-state index in [0.29, 0.717) is 37.9 Å². The quantitative estimate of drug-likeness (QED) is 0.754. The van der Waals surface area contributed by atoms with Crippen molar-refractivity contribution >= 4 is 17.4 Å². The van der Waals surface area contributed by atoms with Crippen LogP contribution in [-0.2, 0) is 4.74 Å². The van der Waals surface area contributed by atoms with Gasteiger partial charge >= 0.3 is 0 Å². The van der Waals surface area contributed by atoms with Crippen molar-refractivity contribution in [3.05, 3.63) is 72.2 Å². The maximum atomic E-state index is 13.9. The molecule has 0 spiro atoms. The Morgan fingerprint density at radius 2 is 1.71 bits per heavy atom. The highest BCUT2D eigenvalue weighted by molar-refractivity contribution is 6.03. The summed E-state index contributed by atoms with van der Waals surface area (Å²) in [7, 11) is 0. The summed E-state index contributed by atoms with van der Waals surface area (Å²) in [5.41, 5.74) is 1.09. The topological polar surface area (TPSA) is 67.4 Å². The zero-order chi connectivity index (χ0) is 19.3. The number of carbonyl (C=O) groups is 1.